The summed E-state index contributed by atoms with van der Waals surface area (Å²) in [5.41, 5.74) is 5.44. The Balaban J connectivity index is 3.63. The van der Waals surface area contributed by atoms with Gasteiger partial charge in [-0.15, -0.1) is 0 Å². The van der Waals surface area contributed by atoms with Gasteiger partial charge in [0.05, 0.1) is 19.8 Å². The van der Waals surface area contributed by atoms with Gasteiger partial charge >= 0.3 is 0 Å². The van der Waals surface area contributed by atoms with Crippen molar-refractivity contribution in [3.05, 3.63) is 0 Å². The van der Waals surface area contributed by atoms with E-state index in [0.29, 0.717) is 19.6 Å². The van der Waals surface area contributed by atoms with Crippen LogP contribution in [0.25, 0.3) is 0 Å². The molecular formula is C8H19NO3. The number of ether oxygens (including phenoxy) is 1. The number of rotatable bonds is 7. The molecular weight excluding hydrogens is 158 g/mol. The molecule has 0 fully saturated rings. The first kappa shape index (κ1) is 11.8. The zero-order chi connectivity index (χ0) is 9.45. The zero-order valence-corrected chi connectivity index (χ0v) is 7.62. The van der Waals surface area contributed by atoms with E-state index >= 15 is 0 Å². The fraction of sp³-hybridized carbons (Fsp3) is 1.00. The topological polar surface area (TPSA) is 75.7 Å². The fourth-order valence-electron chi connectivity index (χ4n) is 0.914. The highest BCUT2D eigenvalue weighted by molar-refractivity contribution is 4.81. The van der Waals surface area contributed by atoms with Crippen molar-refractivity contribution in [3.63, 3.8) is 0 Å². The molecule has 0 aliphatic carbocycles. The van der Waals surface area contributed by atoms with Crippen molar-refractivity contribution in [1.82, 2.24) is 0 Å². The Labute approximate surface area is 73.3 Å². The molecule has 12 heavy (non-hydrogen) atoms. The van der Waals surface area contributed by atoms with Crippen LogP contribution in [-0.2, 0) is 4.74 Å². The number of hydrogen-bond acceptors (Lipinski definition) is 4. The second kappa shape index (κ2) is 6.37. The van der Waals surface area contributed by atoms with Crippen molar-refractivity contribution in [2.24, 2.45) is 5.73 Å². The van der Waals surface area contributed by atoms with Gasteiger partial charge < -0.3 is 20.7 Å². The largest absolute Gasteiger partial charge is 0.396 e. The van der Waals surface area contributed by atoms with Crippen LogP contribution in [0, 0.1) is 0 Å². The Morgan fingerprint density at radius 3 is 2.42 bits per heavy atom. The molecule has 0 aliphatic heterocycles. The summed E-state index contributed by atoms with van der Waals surface area (Å²) in [6.07, 6.45) is 1.30. The number of aliphatic hydroxyl groups is 2. The van der Waals surface area contributed by atoms with Crippen LogP contribution in [-0.4, -0.2) is 42.2 Å². The highest BCUT2D eigenvalue weighted by Gasteiger charge is 2.21. The molecule has 0 saturated carbocycles. The predicted molar refractivity (Wildman–Crippen MR) is 46.8 cm³/mol. The van der Waals surface area contributed by atoms with E-state index in [-0.39, 0.29) is 13.2 Å². The van der Waals surface area contributed by atoms with E-state index in [2.05, 4.69) is 0 Å². The third kappa shape index (κ3) is 4.66. The molecule has 0 saturated heterocycles. The van der Waals surface area contributed by atoms with Crippen molar-refractivity contribution >= 4 is 0 Å². The molecule has 0 spiro atoms. The molecule has 0 radical (unpaired) electrons. The maximum absolute atomic E-state index is 8.70. The van der Waals surface area contributed by atoms with E-state index in [1.807, 2.05) is 6.92 Å². The maximum atomic E-state index is 8.70. The van der Waals surface area contributed by atoms with Gasteiger partial charge in [0.15, 0.2) is 0 Å². The molecule has 4 nitrogen and oxygen atoms in total. The van der Waals surface area contributed by atoms with Crippen molar-refractivity contribution in [2.45, 2.75) is 25.3 Å². The normalized spacial score (nSPS) is 16.0. The van der Waals surface area contributed by atoms with Crippen molar-refractivity contribution in [2.75, 3.05) is 26.4 Å². The summed E-state index contributed by atoms with van der Waals surface area (Å²) in [6, 6.07) is 0. The summed E-state index contributed by atoms with van der Waals surface area (Å²) in [5, 5.41) is 17.2. The summed E-state index contributed by atoms with van der Waals surface area (Å²) >= 11 is 0. The van der Waals surface area contributed by atoms with Gasteiger partial charge in [-0.05, 0) is 12.8 Å². The second-order valence-corrected chi connectivity index (χ2v) is 2.97. The lowest BCUT2D eigenvalue weighted by atomic mass is 9.95. The van der Waals surface area contributed by atoms with E-state index in [4.69, 9.17) is 20.7 Å². The second-order valence-electron chi connectivity index (χ2n) is 2.97. The van der Waals surface area contributed by atoms with Crippen LogP contribution in [0.2, 0.25) is 0 Å². The van der Waals surface area contributed by atoms with E-state index in [9.17, 15) is 0 Å². The van der Waals surface area contributed by atoms with Crippen molar-refractivity contribution in [1.29, 1.82) is 0 Å². The first-order valence-electron chi connectivity index (χ1n) is 4.27. The molecule has 0 bridgehead atoms. The molecule has 4 heteroatoms. The minimum absolute atomic E-state index is 0.0128. The molecule has 1 atom stereocenters. The van der Waals surface area contributed by atoms with E-state index in [1.165, 1.54) is 0 Å². The van der Waals surface area contributed by atoms with Gasteiger partial charge in [-0.25, -0.2) is 0 Å². The number of hydrogen-bond donors (Lipinski definition) is 3. The third-order valence-electron chi connectivity index (χ3n) is 1.94. The first-order chi connectivity index (χ1) is 5.68. The summed E-state index contributed by atoms with van der Waals surface area (Å²) in [5.74, 6) is 0. The van der Waals surface area contributed by atoms with Crippen LogP contribution in [0.3, 0.4) is 0 Å². The molecule has 0 rings (SSSR count). The quantitative estimate of drug-likeness (QED) is 0.458. The average molecular weight is 177 g/mol. The monoisotopic (exact) mass is 177 g/mol. The zero-order valence-electron chi connectivity index (χ0n) is 7.62. The van der Waals surface area contributed by atoms with Crippen LogP contribution >= 0.6 is 0 Å². The first-order valence-corrected chi connectivity index (χ1v) is 4.27. The lowest BCUT2D eigenvalue weighted by molar-refractivity contribution is 0.0473. The summed E-state index contributed by atoms with van der Waals surface area (Å²) in [4.78, 5) is 0. The van der Waals surface area contributed by atoms with Crippen LogP contribution in [0.4, 0.5) is 0 Å². The highest BCUT2D eigenvalue weighted by Crippen LogP contribution is 2.11. The highest BCUT2D eigenvalue weighted by atomic mass is 16.5. The lowest BCUT2D eigenvalue weighted by Gasteiger charge is -2.26. The number of aliphatic hydroxyl groups excluding tert-OH is 2. The SMILES string of the molecule is CCC(N)(CCO)COCCO. The molecule has 0 amide bonds. The van der Waals surface area contributed by atoms with Gasteiger partial charge in [0.2, 0.25) is 0 Å². The summed E-state index contributed by atoms with van der Waals surface area (Å²) in [7, 11) is 0. The Morgan fingerprint density at radius 2 is 2.00 bits per heavy atom. The van der Waals surface area contributed by atoms with Crippen LogP contribution in [0.5, 0.6) is 0 Å². The van der Waals surface area contributed by atoms with Gasteiger partial charge in [0, 0.05) is 12.1 Å². The standard InChI is InChI=1S/C8H19NO3/c1-2-8(9,3-4-10)7-12-6-5-11/h10-11H,2-7,9H2,1H3. The molecule has 0 aromatic heterocycles. The maximum Gasteiger partial charge on any atom is 0.0698 e. The average Bonchev–Trinajstić information content (AvgIpc) is 2.06. The summed E-state index contributed by atoms with van der Waals surface area (Å²) in [6.45, 7) is 2.75. The Hall–Kier alpha value is -0.160. The Kier molecular flexibility index (Phi) is 6.28. The van der Waals surface area contributed by atoms with Gasteiger partial charge in [-0.3, -0.25) is 0 Å². The van der Waals surface area contributed by atoms with Crippen LogP contribution < -0.4 is 5.73 Å². The van der Waals surface area contributed by atoms with E-state index < -0.39 is 5.54 Å². The molecule has 0 aromatic carbocycles. The van der Waals surface area contributed by atoms with Gasteiger partial charge in [-0.1, -0.05) is 6.92 Å². The van der Waals surface area contributed by atoms with E-state index in [1.54, 1.807) is 0 Å². The third-order valence-corrected chi connectivity index (χ3v) is 1.94. The van der Waals surface area contributed by atoms with Gasteiger partial charge in [-0.2, -0.15) is 0 Å². The molecule has 0 heterocycles. The Morgan fingerprint density at radius 1 is 1.33 bits per heavy atom. The molecule has 74 valence electrons. The van der Waals surface area contributed by atoms with Gasteiger partial charge in [0.25, 0.3) is 0 Å². The van der Waals surface area contributed by atoms with Crippen LogP contribution in [0.1, 0.15) is 19.8 Å². The molecule has 0 aliphatic rings. The lowest BCUT2D eigenvalue weighted by Crippen LogP contribution is -2.45. The molecule has 4 N–H and O–H groups in total. The van der Waals surface area contributed by atoms with E-state index in [0.717, 1.165) is 6.42 Å². The van der Waals surface area contributed by atoms with Crippen molar-refractivity contribution < 1.29 is 14.9 Å². The predicted octanol–water partition coefficient (Wildman–Crippen LogP) is -0.515. The van der Waals surface area contributed by atoms with Gasteiger partial charge in [0.1, 0.15) is 0 Å². The fourth-order valence-corrected chi connectivity index (χ4v) is 0.914. The number of nitrogens with two attached hydrogens (primary N) is 1. The summed E-state index contributed by atoms with van der Waals surface area (Å²) < 4.78 is 5.11. The minimum atomic E-state index is -0.441. The van der Waals surface area contributed by atoms with Crippen molar-refractivity contribution in [3.8, 4) is 0 Å². The van der Waals surface area contributed by atoms with Crippen LogP contribution in [0.15, 0.2) is 0 Å². The molecule has 1 unspecified atom stereocenters. The smallest absolute Gasteiger partial charge is 0.0698 e. The molecule has 0 aromatic rings. The Bertz CT molecular complexity index is 110. The minimum Gasteiger partial charge on any atom is -0.396 e.